The third-order valence-corrected chi connectivity index (χ3v) is 5.61. The lowest BCUT2D eigenvalue weighted by Gasteiger charge is -2.26. The third-order valence-electron chi connectivity index (χ3n) is 5.05. The molecule has 130 valence electrons. The van der Waals surface area contributed by atoms with Crippen LogP contribution in [0.1, 0.15) is 31.2 Å². The Hall–Kier alpha value is -1.95. The summed E-state index contributed by atoms with van der Waals surface area (Å²) < 4.78 is 2.64. The molecule has 25 heavy (non-hydrogen) atoms. The molecule has 1 fully saturated rings. The molecule has 2 aromatic heterocycles. The number of benzene rings is 1. The molecule has 4 rings (SSSR count). The minimum atomic E-state index is 0.550. The first-order valence-corrected chi connectivity index (χ1v) is 9.67. The number of aryl methyl sites for hydroxylation is 2. The van der Waals surface area contributed by atoms with E-state index in [1.165, 1.54) is 31.2 Å². The Morgan fingerprint density at radius 2 is 2.04 bits per heavy atom. The van der Waals surface area contributed by atoms with E-state index in [2.05, 4.69) is 66.2 Å². The van der Waals surface area contributed by atoms with E-state index in [1.807, 2.05) is 11.7 Å². The van der Waals surface area contributed by atoms with Gasteiger partial charge in [-0.25, -0.2) is 14.6 Å². The Labute approximate surface area is 156 Å². The maximum Gasteiger partial charge on any atom is 0.164 e. The Morgan fingerprint density at radius 3 is 2.88 bits per heavy atom. The third kappa shape index (κ3) is 3.27. The molecular weight excluding hydrogens is 378 g/mol. The van der Waals surface area contributed by atoms with E-state index in [0.29, 0.717) is 6.04 Å². The van der Waals surface area contributed by atoms with Crippen LogP contribution in [0, 0.1) is 0 Å². The van der Waals surface area contributed by atoms with Crippen LogP contribution in [0.25, 0.3) is 11.0 Å². The molecule has 1 unspecified atom stereocenters. The Bertz CT molecular complexity index is 861. The number of aromatic nitrogens is 4. The minimum absolute atomic E-state index is 0.550. The van der Waals surface area contributed by atoms with Crippen molar-refractivity contribution in [1.29, 1.82) is 0 Å². The Balaban J connectivity index is 1.52. The fraction of sp³-hybridized carbons (Fsp3) is 0.421. The van der Waals surface area contributed by atoms with Gasteiger partial charge in [0.05, 0.1) is 5.39 Å². The van der Waals surface area contributed by atoms with E-state index in [1.54, 1.807) is 6.33 Å². The maximum atomic E-state index is 4.61. The lowest BCUT2D eigenvalue weighted by atomic mass is 10.0. The normalized spacial score (nSPS) is 17.5. The standard InChI is InChI=1S/C19H22BrN5/c1-24-18-16(17(20)23-24)19(22-13-21-18)25-12-6-11-15(25)10-5-9-14-7-3-2-4-8-14/h2-4,7-8,13,15H,5-6,9-12H2,1H3. The molecule has 1 atom stereocenters. The van der Waals surface area contributed by atoms with Gasteiger partial charge in [-0.15, -0.1) is 0 Å². The maximum absolute atomic E-state index is 4.61. The van der Waals surface area contributed by atoms with Crippen LogP contribution in [0.3, 0.4) is 0 Å². The molecule has 0 amide bonds. The van der Waals surface area contributed by atoms with Crippen LogP contribution in [0.4, 0.5) is 5.82 Å². The molecule has 1 aromatic carbocycles. The van der Waals surface area contributed by atoms with Gasteiger partial charge in [0.25, 0.3) is 0 Å². The molecule has 3 heterocycles. The molecule has 0 spiro atoms. The molecule has 0 aliphatic carbocycles. The number of nitrogens with zero attached hydrogens (tertiary/aromatic N) is 5. The highest BCUT2D eigenvalue weighted by Crippen LogP contribution is 2.34. The highest BCUT2D eigenvalue weighted by molar-refractivity contribution is 9.10. The smallest absolute Gasteiger partial charge is 0.164 e. The summed E-state index contributed by atoms with van der Waals surface area (Å²) in [4.78, 5) is 11.5. The molecular formula is C19H22BrN5. The Morgan fingerprint density at radius 1 is 1.20 bits per heavy atom. The van der Waals surface area contributed by atoms with Gasteiger partial charge in [0, 0.05) is 19.6 Å². The van der Waals surface area contributed by atoms with E-state index in [0.717, 1.165) is 34.4 Å². The SMILES string of the molecule is Cn1nc(Br)c2c(N3CCCC3CCCc3ccccc3)ncnc21. The van der Waals surface area contributed by atoms with Crippen molar-refractivity contribution in [3.05, 3.63) is 46.8 Å². The van der Waals surface area contributed by atoms with Crippen LogP contribution >= 0.6 is 15.9 Å². The van der Waals surface area contributed by atoms with Crippen molar-refractivity contribution < 1.29 is 0 Å². The molecule has 0 bridgehead atoms. The van der Waals surface area contributed by atoms with Gasteiger partial charge in [0.15, 0.2) is 5.65 Å². The lowest BCUT2D eigenvalue weighted by molar-refractivity contribution is 0.578. The van der Waals surface area contributed by atoms with Crippen molar-refractivity contribution in [2.75, 3.05) is 11.4 Å². The van der Waals surface area contributed by atoms with Crippen LogP contribution in [0.5, 0.6) is 0 Å². The van der Waals surface area contributed by atoms with Gasteiger partial charge in [-0.1, -0.05) is 30.3 Å². The second-order valence-corrected chi connectivity index (χ2v) is 7.43. The second-order valence-electron chi connectivity index (χ2n) is 6.68. The molecule has 5 nitrogen and oxygen atoms in total. The summed E-state index contributed by atoms with van der Waals surface area (Å²) in [5.41, 5.74) is 2.30. The van der Waals surface area contributed by atoms with Gasteiger partial charge in [-0.3, -0.25) is 0 Å². The summed E-state index contributed by atoms with van der Waals surface area (Å²) in [6.45, 7) is 1.06. The quantitative estimate of drug-likeness (QED) is 0.647. The van der Waals surface area contributed by atoms with Gasteiger partial charge < -0.3 is 4.90 Å². The average Bonchev–Trinajstić information content (AvgIpc) is 3.21. The van der Waals surface area contributed by atoms with E-state index in [9.17, 15) is 0 Å². The Kier molecular flexibility index (Phi) is 4.70. The second kappa shape index (κ2) is 7.12. The van der Waals surface area contributed by atoms with Gasteiger partial charge in [0.1, 0.15) is 16.7 Å². The van der Waals surface area contributed by atoms with Gasteiger partial charge in [-0.2, -0.15) is 5.10 Å². The van der Waals surface area contributed by atoms with Gasteiger partial charge >= 0.3 is 0 Å². The first-order chi connectivity index (χ1) is 12.2. The highest BCUT2D eigenvalue weighted by atomic mass is 79.9. The van der Waals surface area contributed by atoms with E-state index in [4.69, 9.17) is 0 Å². The topological polar surface area (TPSA) is 46.8 Å². The number of anilines is 1. The van der Waals surface area contributed by atoms with Crippen molar-refractivity contribution in [1.82, 2.24) is 19.7 Å². The zero-order valence-corrected chi connectivity index (χ0v) is 16.0. The molecule has 0 radical (unpaired) electrons. The largest absolute Gasteiger partial charge is 0.353 e. The molecule has 1 aliphatic rings. The van der Waals surface area contributed by atoms with E-state index >= 15 is 0 Å². The van der Waals surface area contributed by atoms with Gasteiger partial charge in [0.2, 0.25) is 0 Å². The van der Waals surface area contributed by atoms with Crippen molar-refractivity contribution in [2.45, 2.75) is 38.1 Å². The van der Waals surface area contributed by atoms with Crippen LogP contribution in [0.2, 0.25) is 0 Å². The monoisotopic (exact) mass is 399 g/mol. The summed E-state index contributed by atoms with van der Waals surface area (Å²) in [5, 5.41) is 5.48. The van der Waals surface area contributed by atoms with Crippen molar-refractivity contribution in [3.8, 4) is 0 Å². The molecule has 1 saturated heterocycles. The van der Waals surface area contributed by atoms with Crippen molar-refractivity contribution in [3.63, 3.8) is 0 Å². The number of halogens is 1. The van der Waals surface area contributed by atoms with Crippen molar-refractivity contribution in [2.24, 2.45) is 7.05 Å². The first kappa shape index (κ1) is 16.5. The summed E-state index contributed by atoms with van der Waals surface area (Å²) in [7, 11) is 1.92. The highest BCUT2D eigenvalue weighted by Gasteiger charge is 2.28. The summed E-state index contributed by atoms with van der Waals surface area (Å²) in [6, 6.07) is 11.3. The zero-order valence-electron chi connectivity index (χ0n) is 14.4. The summed E-state index contributed by atoms with van der Waals surface area (Å²) in [6.07, 6.45) is 7.65. The number of hydrogen-bond acceptors (Lipinski definition) is 4. The van der Waals surface area contributed by atoms with Crippen LogP contribution in [-0.4, -0.2) is 32.3 Å². The van der Waals surface area contributed by atoms with Crippen LogP contribution in [-0.2, 0) is 13.5 Å². The molecule has 6 heteroatoms. The number of fused-ring (bicyclic) bond motifs is 1. The zero-order chi connectivity index (χ0) is 17.2. The predicted octanol–water partition coefficient (Wildman–Crippen LogP) is 4.12. The van der Waals surface area contributed by atoms with E-state index in [-0.39, 0.29) is 0 Å². The molecule has 0 N–H and O–H groups in total. The fourth-order valence-electron chi connectivity index (χ4n) is 3.85. The average molecular weight is 400 g/mol. The van der Waals surface area contributed by atoms with E-state index < -0.39 is 0 Å². The van der Waals surface area contributed by atoms with Crippen LogP contribution in [0.15, 0.2) is 41.3 Å². The van der Waals surface area contributed by atoms with Crippen molar-refractivity contribution >= 4 is 32.8 Å². The summed E-state index contributed by atoms with van der Waals surface area (Å²) in [5.74, 6) is 1.02. The number of hydrogen-bond donors (Lipinski definition) is 0. The predicted molar refractivity (Wildman–Crippen MR) is 104 cm³/mol. The number of rotatable bonds is 5. The van der Waals surface area contributed by atoms with Crippen LogP contribution < -0.4 is 4.90 Å². The minimum Gasteiger partial charge on any atom is -0.353 e. The molecule has 0 saturated carbocycles. The summed E-state index contributed by atoms with van der Waals surface area (Å²) >= 11 is 3.58. The lowest BCUT2D eigenvalue weighted by Crippen LogP contribution is -2.30. The van der Waals surface area contributed by atoms with Gasteiger partial charge in [-0.05, 0) is 53.6 Å². The first-order valence-electron chi connectivity index (χ1n) is 8.88. The fourth-order valence-corrected chi connectivity index (χ4v) is 4.44. The molecule has 3 aromatic rings. The molecule has 1 aliphatic heterocycles.